The fraction of sp³-hybridized carbons (Fsp3) is 0.600. The van der Waals surface area contributed by atoms with E-state index in [1.54, 1.807) is 11.3 Å². The van der Waals surface area contributed by atoms with Crippen LogP contribution in [0.2, 0.25) is 4.34 Å². The van der Waals surface area contributed by atoms with Crippen molar-refractivity contribution < 1.29 is 0 Å². The van der Waals surface area contributed by atoms with Crippen LogP contribution in [0.4, 0.5) is 0 Å². The standard InChI is InChI=1S/C10H15ClN2S/c11-10-3-9(7-14-10)6-13-2-1-8(4-12)5-13/h3,7-8H,1-2,4-6,12H2. The van der Waals surface area contributed by atoms with Crippen LogP contribution in [0.3, 0.4) is 0 Å². The van der Waals surface area contributed by atoms with Gasteiger partial charge in [-0.05, 0) is 42.4 Å². The summed E-state index contributed by atoms with van der Waals surface area (Å²) < 4.78 is 0.884. The molecule has 2 heterocycles. The molecule has 78 valence electrons. The van der Waals surface area contributed by atoms with Crippen LogP contribution in [-0.4, -0.2) is 24.5 Å². The van der Waals surface area contributed by atoms with Crippen molar-refractivity contribution in [3.05, 3.63) is 21.3 Å². The van der Waals surface area contributed by atoms with Crippen LogP contribution in [0.5, 0.6) is 0 Å². The highest BCUT2D eigenvalue weighted by Crippen LogP contribution is 2.23. The van der Waals surface area contributed by atoms with Gasteiger partial charge in [-0.2, -0.15) is 0 Å². The zero-order chi connectivity index (χ0) is 9.97. The number of thiophene rings is 1. The van der Waals surface area contributed by atoms with Crippen LogP contribution >= 0.6 is 22.9 Å². The van der Waals surface area contributed by atoms with E-state index in [2.05, 4.69) is 16.3 Å². The lowest BCUT2D eigenvalue weighted by Crippen LogP contribution is -2.22. The van der Waals surface area contributed by atoms with E-state index in [-0.39, 0.29) is 0 Å². The van der Waals surface area contributed by atoms with Gasteiger partial charge in [0, 0.05) is 13.1 Å². The SMILES string of the molecule is NCC1CCN(Cc2csc(Cl)c2)C1. The largest absolute Gasteiger partial charge is 0.330 e. The number of nitrogens with two attached hydrogens (primary N) is 1. The first-order valence-electron chi connectivity index (χ1n) is 4.93. The topological polar surface area (TPSA) is 29.3 Å². The second-order valence-electron chi connectivity index (χ2n) is 3.88. The quantitative estimate of drug-likeness (QED) is 0.863. The zero-order valence-corrected chi connectivity index (χ0v) is 9.65. The van der Waals surface area contributed by atoms with Crippen molar-refractivity contribution in [2.24, 2.45) is 11.7 Å². The molecule has 1 unspecified atom stereocenters. The van der Waals surface area contributed by atoms with Crippen LogP contribution < -0.4 is 5.73 Å². The van der Waals surface area contributed by atoms with Gasteiger partial charge < -0.3 is 5.73 Å². The van der Waals surface area contributed by atoms with Gasteiger partial charge in [-0.15, -0.1) is 11.3 Å². The second kappa shape index (κ2) is 4.62. The molecule has 0 saturated carbocycles. The van der Waals surface area contributed by atoms with E-state index in [0.717, 1.165) is 24.0 Å². The van der Waals surface area contributed by atoms with Crippen molar-refractivity contribution in [2.75, 3.05) is 19.6 Å². The predicted molar refractivity (Wildman–Crippen MR) is 61.8 cm³/mol. The number of hydrogen-bond acceptors (Lipinski definition) is 3. The summed E-state index contributed by atoms with van der Waals surface area (Å²) in [6, 6.07) is 2.06. The molecule has 0 spiro atoms. The number of hydrogen-bond donors (Lipinski definition) is 1. The number of likely N-dealkylation sites (tertiary alicyclic amines) is 1. The second-order valence-corrected chi connectivity index (χ2v) is 5.43. The van der Waals surface area contributed by atoms with Gasteiger partial charge in [-0.3, -0.25) is 4.90 Å². The third kappa shape index (κ3) is 2.48. The Morgan fingerprint density at radius 3 is 3.07 bits per heavy atom. The van der Waals surface area contributed by atoms with Gasteiger partial charge in [0.2, 0.25) is 0 Å². The van der Waals surface area contributed by atoms with Gasteiger partial charge in [0.1, 0.15) is 0 Å². The Balaban J connectivity index is 1.87. The molecule has 0 radical (unpaired) electrons. The Morgan fingerprint density at radius 1 is 1.64 bits per heavy atom. The maximum absolute atomic E-state index is 5.88. The van der Waals surface area contributed by atoms with Gasteiger partial charge in [0.15, 0.2) is 0 Å². The molecule has 0 bridgehead atoms. The lowest BCUT2D eigenvalue weighted by Gasteiger charge is -2.14. The summed E-state index contributed by atoms with van der Waals surface area (Å²) in [6.07, 6.45) is 1.24. The monoisotopic (exact) mass is 230 g/mol. The maximum Gasteiger partial charge on any atom is 0.0931 e. The Hall–Kier alpha value is -0.0900. The van der Waals surface area contributed by atoms with E-state index < -0.39 is 0 Å². The molecule has 0 aromatic carbocycles. The molecule has 4 heteroatoms. The normalized spacial score (nSPS) is 23.1. The average molecular weight is 231 g/mol. The van der Waals surface area contributed by atoms with E-state index in [9.17, 15) is 0 Å². The Kier molecular flexibility index (Phi) is 3.44. The van der Waals surface area contributed by atoms with Gasteiger partial charge in [-0.25, -0.2) is 0 Å². The third-order valence-electron chi connectivity index (χ3n) is 2.73. The first kappa shape index (κ1) is 10.4. The first-order valence-corrected chi connectivity index (χ1v) is 6.19. The van der Waals surface area contributed by atoms with Crippen molar-refractivity contribution >= 4 is 22.9 Å². The molecular weight excluding hydrogens is 216 g/mol. The van der Waals surface area contributed by atoms with Crippen molar-refractivity contribution in [3.63, 3.8) is 0 Å². The Bertz CT molecular complexity index is 300. The van der Waals surface area contributed by atoms with Gasteiger partial charge in [0.25, 0.3) is 0 Å². The highest BCUT2D eigenvalue weighted by molar-refractivity contribution is 7.14. The van der Waals surface area contributed by atoms with E-state index in [1.807, 2.05) is 0 Å². The molecule has 1 aliphatic heterocycles. The highest BCUT2D eigenvalue weighted by Gasteiger charge is 2.21. The summed E-state index contributed by atoms with van der Waals surface area (Å²) in [6.45, 7) is 4.17. The van der Waals surface area contributed by atoms with Gasteiger partial charge in [0.05, 0.1) is 4.34 Å². The lowest BCUT2D eigenvalue weighted by molar-refractivity contribution is 0.318. The maximum atomic E-state index is 5.88. The van der Waals surface area contributed by atoms with E-state index in [1.165, 1.54) is 18.5 Å². The van der Waals surface area contributed by atoms with Crippen LogP contribution in [0.15, 0.2) is 11.4 Å². The summed E-state index contributed by atoms with van der Waals surface area (Å²) in [5.41, 5.74) is 6.98. The molecule has 2 rings (SSSR count). The van der Waals surface area contributed by atoms with Crippen LogP contribution in [0.25, 0.3) is 0 Å². The number of nitrogens with zero attached hydrogens (tertiary/aromatic N) is 1. The molecule has 1 aliphatic rings. The fourth-order valence-electron chi connectivity index (χ4n) is 1.94. The molecule has 14 heavy (non-hydrogen) atoms. The Labute approximate surface area is 93.7 Å². The molecule has 1 atom stereocenters. The van der Waals surface area contributed by atoms with Crippen molar-refractivity contribution in [1.29, 1.82) is 0 Å². The minimum absolute atomic E-state index is 0.698. The highest BCUT2D eigenvalue weighted by atomic mass is 35.5. The van der Waals surface area contributed by atoms with Gasteiger partial charge >= 0.3 is 0 Å². The van der Waals surface area contributed by atoms with Crippen LogP contribution in [-0.2, 0) is 6.54 Å². The predicted octanol–water partition coefficient (Wildman–Crippen LogP) is 2.18. The number of rotatable bonds is 3. The van der Waals surface area contributed by atoms with Gasteiger partial charge in [-0.1, -0.05) is 11.6 Å². The minimum atomic E-state index is 0.698. The Morgan fingerprint density at radius 2 is 2.50 bits per heavy atom. The van der Waals surface area contributed by atoms with Crippen LogP contribution in [0.1, 0.15) is 12.0 Å². The molecule has 0 amide bonds. The van der Waals surface area contributed by atoms with Crippen molar-refractivity contribution in [2.45, 2.75) is 13.0 Å². The van der Waals surface area contributed by atoms with E-state index >= 15 is 0 Å². The lowest BCUT2D eigenvalue weighted by atomic mass is 10.1. The molecule has 1 fully saturated rings. The van der Waals surface area contributed by atoms with Crippen molar-refractivity contribution in [3.8, 4) is 0 Å². The smallest absolute Gasteiger partial charge is 0.0931 e. The molecule has 2 N–H and O–H groups in total. The molecule has 1 aromatic heterocycles. The van der Waals surface area contributed by atoms with Crippen molar-refractivity contribution in [1.82, 2.24) is 4.90 Å². The summed E-state index contributed by atoms with van der Waals surface area (Å²) in [5, 5.41) is 2.14. The molecule has 0 aliphatic carbocycles. The molecule has 1 saturated heterocycles. The zero-order valence-electron chi connectivity index (χ0n) is 8.08. The fourth-order valence-corrected chi connectivity index (χ4v) is 2.84. The molecule has 1 aromatic rings. The average Bonchev–Trinajstić information content (AvgIpc) is 2.76. The molecule has 2 nitrogen and oxygen atoms in total. The number of halogens is 1. The third-order valence-corrected chi connectivity index (χ3v) is 3.87. The summed E-state index contributed by atoms with van der Waals surface area (Å²) in [7, 11) is 0. The minimum Gasteiger partial charge on any atom is -0.330 e. The van der Waals surface area contributed by atoms with E-state index in [0.29, 0.717) is 5.92 Å². The van der Waals surface area contributed by atoms with E-state index in [4.69, 9.17) is 17.3 Å². The summed E-state index contributed by atoms with van der Waals surface area (Å²) >= 11 is 7.49. The van der Waals surface area contributed by atoms with Crippen LogP contribution in [0, 0.1) is 5.92 Å². The molecular formula is C10H15ClN2S. The summed E-state index contributed by atoms with van der Waals surface area (Å²) in [5.74, 6) is 0.698. The first-order chi connectivity index (χ1) is 6.78. The summed E-state index contributed by atoms with van der Waals surface area (Å²) in [4.78, 5) is 2.45.